The zero-order valence-corrected chi connectivity index (χ0v) is 16.1. The molecule has 0 unspecified atom stereocenters. The number of ether oxygens (including phenoxy) is 1. The topological polar surface area (TPSA) is 15.7 Å². The van der Waals surface area contributed by atoms with Crippen molar-refractivity contribution in [3.05, 3.63) is 96.6 Å². The molecular formula is C25H26N2O. The predicted molar refractivity (Wildman–Crippen MR) is 117 cm³/mol. The van der Waals surface area contributed by atoms with Crippen molar-refractivity contribution in [2.24, 2.45) is 0 Å². The first-order valence-electron chi connectivity index (χ1n) is 9.89. The van der Waals surface area contributed by atoms with E-state index in [4.69, 9.17) is 4.74 Å². The summed E-state index contributed by atoms with van der Waals surface area (Å²) in [7, 11) is 0. The second-order valence-electron chi connectivity index (χ2n) is 7.01. The van der Waals surface area contributed by atoms with Crippen molar-refractivity contribution >= 4 is 11.8 Å². The maximum atomic E-state index is 5.88. The summed E-state index contributed by atoms with van der Waals surface area (Å²) in [6.07, 6.45) is 4.47. The lowest BCUT2D eigenvalue weighted by atomic mass is 10.2. The fraction of sp³-hybridized carbons (Fsp3) is 0.200. The van der Waals surface area contributed by atoms with Crippen LogP contribution >= 0.6 is 0 Å². The number of anilines is 1. The zero-order chi connectivity index (χ0) is 19.0. The monoisotopic (exact) mass is 370 g/mol. The minimum absolute atomic E-state index is 0.868. The second kappa shape index (κ2) is 9.25. The third-order valence-electron chi connectivity index (χ3n) is 5.03. The molecule has 0 spiro atoms. The molecule has 142 valence electrons. The van der Waals surface area contributed by atoms with Crippen molar-refractivity contribution < 1.29 is 4.74 Å². The number of piperazine rings is 1. The zero-order valence-electron chi connectivity index (χ0n) is 16.1. The van der Waals surface area contributed by atoms with Gasteiger partial charge in [0.05, 0.1) is 0 Å². The molecule has 1 saturated heterocycles. The van der Waals surface area contributed by atoms with Crippen LogP contribution in [0.3, 0.4) is 0 Å². The Kier molecular flexibility index (Phi) is 6.05. The third kappa shape index (κ3) is 5.02. The smallest absolute Gasteiger partial charge is 0.127 e. The molecule has 0 saturated carbocycles. The predicted octanol–water partition coefficient (Wildman–Crippen LogP) is 5.31. The van der Waals surface area contributed by atoms with Gasteiger partial charge in [-0.1, -0.05) is 60.7 Å². The Bertz CT molecular complexity index is 867. The standard InChI is InChI=1S/C25H26N2O/c1-3-8-22(9-4-1)10-7-17-26-18-20-27(21-19-26)23-13-15-25(16-14-23)28-24-11-5-2-6-12-24/h1-16H,17-21H2/b10-7+. The van der Waals surface area contributed by atoms with E-state index in [9.17, 15) is 0 Å². The van der Waals surface area contributed by atoms with E-state index in [1.807, 2.05) is 30.3 Å². The van der Waals surface area contributed by atoms with E-state index in [1.165, 1.54) is 11.3 Å². The summed E-state index contributed by atoms with van der Waals surface area (Å²) in [6, 6.07) is 28.8. The Morgan fingerprint density at radius 3 is 1.96 bits per heavy atom. The number of hydrogen-bond donors (Lipinski definition) is 0. The fourth-order valence-corrected chi connectivity index (χ4v) is 3.44. The van der Waals surface area contributed by atoms with Gasteiger partial charge in [-0.2, -0.15) is 0 Å². The lowest BCUT2D eigenvalue weighted by Gasteiger charge is -2.35. The SMILES string of the molecule is C(=C\c1ccccc1)/CN1CCN(c2ccc(Oc3ccccc3)cc2)CC1. The van der Waals surface area contributed by atoms with Crippen LogP contribution in [-0.2, 0) is 0 Å². The van der Waals surface area contributed by atoms with Crippen LogP contribution in [0.2, 0.25) is 0 Å². The molecule has 3 aromatic rings. The van der Waals surface area contributed by atoms with E-state index in [0.29, 0.717) is 0 Å². The lowest BCUT2D eigenvalue weighted by Crippen LogP contribution is -2.46. The Hall–Kier alpha value is -3.04. The molecule has 1 aliphatic heterocycles. The third-order valence-corrected chi connectivity index (χ3v) is 5.03. The lowest BCUT2D eigenvalue weighted by molar-refractivity contribution is 0.284. The highest BCUT2D eigenvalue weighted by Crippen LogP contribution is 2.25. The molecule has 0 radical (unpaired) electrons. The van der Waals surface area contributed by atoms with Gasteiger partial charge in [-0.05, 0) is 42.0 Å². The average Bonchev–Trinajstić information content (AvgIpc) is 2.76. The molecule has 0 N–H and O–H groups in total. The highest BCUT2D eigenvalue weighted by Gasteiger charge is 2.16. The van der Waals surface area contributed by atoms with E-state index >= 15 is 0 Å². The van der Waals surface area contributed by atoms with Crippen molar-refractivity contribution in [2.75, 3.05) is 37.6 Å². The molecule has 3 nitrogen and oxygen atoms in total. The molecular weight excluding hydrogens is 344 g/mol. The molecule has 3 aromatic carbocycles. The highest BCUT2D eigenvalue weighted by atomic mass is 16.5. The Balaban J connectivity index is 1.26. The second-order valence-corrected chi connectivity index (χ2v) is 7.01. The van der Waals surface area contributed by atoms with Gasteiger partial charge in [-0.3, -0.25) is 4.90 Å². The maximum absolute atomic E-state index is 5.88. The summed E-state index contributed by atoms with van der Waals surface area (Å²) < 4.78 is 5.88. The minimum atomic E-state index is 0.868. The molecule has 0 atom stereocenters. The quantitative estimate of drug-likeness (QED) is 0.584. The Morgan fingerprint density at radius 1 is 0.679 bits per heavy atom. The van der Waals surface area contributed by atoms with Crippen LogP contribution in [0.5, 0.6) is 11.5 Å². The normalized spacial score (nSPS) is 15.1. The number of para-hydroxylation sites is 1. The molecule has 1 fully saturated rings. The van der Waals surface area contributed by atoms with Crippen LogP contribution in [0.25, 0.3) is 6.08 Å². The van der Waals surface area contributed by atoms with Gasteiger partial charge in [0.15, 0.2) is 0 Å². The summed E-state index contributed by atoms with van der Waals surface area (Å²) >= 11 is 0. The number of nitrogens with zero attached hydrogens (tertiary/aromatic N) is 2. The van der Waals surface area contributed by atoms with Gasteiger partial charge in [0.2, 0.25) is 0 Å². The average molecular weight is 370 g/mol. The van der Waals surface area contributed by atoms with E-state index in [1.54, 1.807) is 0 Å². The minimum Gasteiger partial charge on any atom is -0.457 e. The molecule has 1 heterocycles. The van der Waals surface area contributed by atoms with E-state index < -0.39 is 0 Å². The van der Waals surface area contributed by atoms with Gasteiger partial charge in [-0.15, -0.1) is 0 Å². The molecule has 1 aliphatic rings. The first-order chi connectivity index (χ1) is 13.9. The van der Waals surface area contributed by atoms with Crippen molar-refractivity contribution in [1.82, 2.24) is 4.90 Å². The largest absolute Gasteiger partial charge is 0.457 e. The first kappa shape index (κ1) is 18.3. The van der Waals surface area contributed by atoms with Gasteiger partial charge in [-0.25, -0.2) is 0 Å². The van der Waals surface area contributed by atoms with Crippen molar-refractivity contribution in [1.29, 1.82) is 0 Å². The fourth-order valence-electron chi connectivity index (χ4n) is 3.44. The van der Waals surface area contributed by atoms with Crippen LogP contribution in [0.4, 0.5) is 5.69 Å². The van der Waals surface area contributed by atoms with Crippen LogP contribution in [0, 0.1) is 0 Å². The van der Waals surface area contributed by atoms with Crippen LogP contribution < -0.4 is 9.64 Å². The molecule has 28 heavy (non-hydrogen) atoms. The van der Waals surface area contributed by atoms with Crippen LogP contribution in [0.15, 0.2) is 91.0 Å². The van der Waals surface area contributed by atoms with Crippen molar-refractivity contribution in [2.45, 2.75) is 0 Å². The van der Waals surface area contributed by atoms with E-state index in [0.717, 1.165) is 44.2 Å². The van der Waals surface area contributed by atoms with Crippen LogP contribution in [-0.4, -0.2) is 37.6 Å². The van der Waals surface area contributed by atoms with Gasteiger partial charge in [0, 0.05) is 38.4 Å². The summed E-state index contributed by atoms with van der Waals surface area (Å²) in [5.41, 5.74) is 2.53. The van der Waals surface area contributed by atoms with Gasteiger partial charge >= 0.3 is 0 Å². The van der Waals surface area contributed by atoms with E-state index in [2.05, 4.69) is 76.5 Å². The molecule has 0 aromatic heterocycles. The van der Waals surface area contributed by atoms with E-state index in [-0.39, 0.29) is 0 Å². The summed E-state index contributed by atoms with van der Waals surface area (Å²) in [5, 5.41) is 0. The molecule has 0 aliphatic carbocycles. The number of benzene rings is 3. The van der Waals surface area contributed by atoms with Gasteiger partial charge in [0.1, 0.15) is 11.5 Å². The van der Waals surface area contributed by atoms with Crippen molar-refractivity contribution in [3.8, 4) is 11.5 Å². The summed E-state index contributed by atoms with van der Waals surface area (Å²) in [6.45, 7) is 5.28. The molecule has 0 amide bonds. The molecule has 4 rings (SSSR count). The number of rotatable bonds is 6. The Labute approximate surface area is 167 Å². The van der Waals surface area contributed by atoms with Gasteiger partial charge < -0.3 is 9.64 Å². The highest BCUT2D eigenvalue weighted by molar-refractivity contribution is 5.50. The summed E-state index contributed by atoms with van der Waals surface area (Å²) in [4.78, 5) is 4.95. The first-order valence-corrected chi connectivity index (χ1v) is 9.89. The van der Waals surface area contributed by atoms with Gasteiger partial charge in [0.25, 0.3) is 0 Å². The van der Waals surface area contributed by atoms with Crippen molar-refractivity contribution in [3.63, 3.8) is 0 Å². The maximum Gasteiger partial charge on any atom is 0.127 e. The molecule has 0 bridgehead atoms. The summed E-state index contributed by atoms with van der Waals surface area (Å²) in [5.74, 6) is 1.74. The molecule has 3 heteroatoms. The number of hydrogen-bond acceptors (Lipinski definition) is 3. The van der Waals surface area contributed by atoms with Crippen LogP contribution in [0.1, 0.15) is 5.56 Å². The Morgan fingerprint density at radius 2 is 1.29 bits per heavy atom.